The Hall–Kier alpha value is -1.64. The van der Waals surface area contributed by atoms with E-state index in [1.165, 1.54) is 12.4 Å². The number of hydrogen-bond acceptors (Lipinski definition) is 2. The zero-order valence-electron chi connectivity index (χ0n) is 6.03. The van der Waals surface area contributed by atoms with Crippen molar-refractivity contribution in [1.82, 2.24) is 9.55 Å². The van der Waals surface area contributed by atoms with Gasteiger partial charge in [0.05, 0.1) is 6.20 Å². The van der Waals surface area contributed by atoms with Gasteiger partial charge in [0, 0.05) is 6.20 Å². The van der Waals surface area contributed by atoms with Crippen molar-refractivity contribution < 1.29 is 4.79 Å². The summed E-state index contributed by atoms with van der Waals surface area (Å²) in [5, 5.41) is 0. The maximum Gasteiger partial charge on any atom is 0.168 e. The van der Waals surface area contributed by atoms with E-state index in [1.807, 2.05) is 0 Å². The molecule has 0 aliphatic heterocycles. The average Bonchev–Trinajstić information content (AvgIpc) is 2.45. The van der Waals surface area contributed by atoms with E-state index in [9.17, 15) is 4.79 Å². The van der Waals surface area contributed by atoms with E-state index >= 15 is 0 Å². The second kappa shape index (κ2) is 2.96. The third kappa shape index (κ3) is 1.12. The lowest BCUT2D eigenvalue weighted by molar-refractivity contribution is 0.111. The molecule has 0 fully saturated rings. The second-order valence-corrected chi connectivity index (χ2v) is 1.92. The Balaban J connectivity index is 3.29. The fraction of sp³-hybridized carbons (Fsp3) is 0. The number of rotatable bonds is 3. The molecule has 0 N–H and O–H groups in total. The van der Waals surface area contributed by atoms with Crippen molar-refractivity contribution in [3.8, 4) is 0 Å². The predicted octanol–water partition coefficient (Wildman–Crippen LogP) is 1.44. The molecule has 1 heterocycles. The van der Waals surface area contributed by atoms with Gasteiger partial charge in [0.1, 0.15) is 11.5 Å². The van der Waals surface area contributed by atoms with Crippen LogP contribution in [0, 0.1) is 0 Å². The molecule has 3 nitrogen and oxygen atoms in total. The monoisotopic (exact) mass is 148 g/mol. The average molecular weight is 148 g/mol. The molecular weight excluding hydrogens is 140 g/mol. The van der Waals surface area contributed by atoms with Gasteiger partial charge in [-0.15, -0.1) is 0 Å². The summed E-state index contributed by atoms with van der Waals surface area (Å²) in [6.45, 7) is 7.08. The summed E-state index contributed by atoms with van der Waals surface area (Å²) >= 11 is 0. The molecule has 0 saturated heterocycles. The van der Waals surface area contributed by atoms with Crippen LogP contribution in [0.25, 0.3) is 12.3 Å². The maximum absolute atomic E-state index is 10.4. The minimum absolute atomic E-state index is 0.481. The van der Waals surface area contributed by atoms with Crippen LogP contribution in [0.1, 0.15) is 16.3 Å². The number of nitrogens with zero attached hydrogens (tertiary/aromatic N) is 2. The van der Waals surface area contributed by atoms with Gasteiger partial charge in [-0.3, -0.25) is 9.36 Å². The Bertz CT molecular complexity index is 274. The molecule has 0 radical (unpaired) electrons. The molecule has 0 saturated carbocycles. The van der Waals surface area contributed by atoms with Gasteiger partial charge in [-0.05, 0) is 6.08 Å². The number of carbonyl (C=O) groups is 1. The minimum atomic E-state index is 0.481. The highest BCUT2D eigenvalue weighted by Gasteiger charge is 2.01. The first-order valence-corrected chi connectivity index (χ1v) is 3.11. The normalized spacial score (nSPS) is 9.09. The summed E-state index contributed by atoms with van der Waals surface area (Å²) in [5.41, 5.74) is 0.481. The zero-order chi connectivity index (χ0) is 8.27. The van der Waals surface area contributed by atoms with E-state index in [1.54, 1.807) is 10.6 Å². The quantitative estimate of drug-likeness (QED) is 0.608. The molecule has 0 aliphatic carbocycles. The lowest BCUT2D eigenvalue weighted by atomic mass is 10.5. The first kappa shape index (κ1) is 7.47. The molecule has 0 aliphatic rings. The van der Waals surface area contributed by atoms with E-state index in [2.05, 4.69) is 18.1 Å². The largest absolute Gasteiger partial charge is 0.298 e. The molecule has 0 unspecified atom stereocenters. The van der Waals surface area contributed by atoms with Gasteiger partial charge < -0.3 is 0 Å². The van der Waals surface area contributed by atoms with Gasteiger partial charge in [0.15, 0.2) is 6.29 Å². The summed E-state index contributed by atoms with van der Waals surface area (Å²) in [4.78, 5) is 14.3. The molecule has 0 amide bonds. The second-order valence-electron chi connectivity index (χ2n) is 1.92. The smallest absolute Gasteiger partial charge is 0.168 e. The molecule has 0 atom stereocenters. The summed E-state index contributed by atoms with van der Waals surface area (Å²) in [7, 11) is 0. The van der Waals surface area contributed by atoms with Gasteiger partial charge >= 0.3 is 0 Å². The van der Waals surface area contributed by atoms with Crippen molar-refractivity contribution in [3.63, 3.8) is 0 Å². The Morgan fingerprint density at radius 2 is 2.27 bits per heavy atom. The fourth-order valence-electron chi connectivity index (χ4n) is 0.826. The van der Waals surface area contributed by atoms with Crippen LogP contribution in [0.5, 0.6) is 0 Å². The fourth-order valence-corrected chi connectivity index (χ4v) is 0.826. The molecule has 0 spiro atoms. The van der Waals surface area contributed by atoms with Crippen molar-refractivity contribution in [1.29, 1.82) is 0 Å². The molecule has 56 valence electrons. The Kier molecular flexibility index (Phi) is 2.01. The predicted molar refractivity (Wildman–Crippen MR) is 44.1 cm³/mol. The number of imidazole rings is 1. The highest BCUT2D eigenvalue weighted by molar-refractivity contribution is 5.74. The topological polar surface area (TPSA) is 34.9 Å². The lowest BCUT2D eigenvalue weighted by Crippen LogP contribution is -1.94. The van der Waals surface area contributed by atoms with E-state index in [-0.39, 0.29) is 0 Å². The molecule has 3 heteroatoms. The number of carbonyl (C=O) groups excluding carboxylic acids is 1. The number of hydrogen-bond donors (Lipinski definition) is 0. The van der Waals surface area contributed by atoms with Crippen LogP contribution < -0.4 is 0 Å². The molecule has 1 rings (SSSR count). The summed E-state index contributed by atoms with van der Waals surface area (Å²) < 4.78 is 1.57. The van der Waals surface area contributed by atoms with Crippen LogP contribution in [0.3, 0.4) is 0 Å². The Morgan fingerprint density at radius 1 is 1.55 bits per heavy atom. The maximum atomic E-state index is 10.4. The van der Waals surface area contributed by atoms with Crippen molar-refractivity contribution in [2.24, 2.45) is 0 Å². The van der Waals surface area contributed by atoms with E-state index in [0.29, 0.717) is 11.5 Å². The molecule has 1 aromatic rings. The van der Waals surface area contributed by atoms with Gasteiger partial charge in [-0.2, -0.15) is 0 Å². The molecule has 0 aromatic carbocycles. The van der Waals surface area contributed by atoms with E-state index in [0.717, 1.165) is 6.29 Å². The first-order chi connectivity index (χ1) is 5.33. The Labute approximate surface area is 64.7 Å². The van der Waals surface area contributed by atoms with Crippen LogP contribution in [0.15, 0.2) is 19.4 Å². The number of aromatic nitrogens is 2. The molecular formula is C8H8N2O. The SMILES string of the molecule is C=Cc1ncc(C=O)n1C=C. The zero-order valence-corrected chi connectivity index (χ0v) is 6.03. The van der Waals surface area contributed by atoms with Crippen LogP contribution in [-0.2, 0) is 0 Å². The first-order valence-electron chi connectivity index (χ1n) is 3.11. The van der Waals surface area contributed by atoms with Crippen molar-refractivity contribution >= 4 is 18.6 Å². The van der Waals surface area contributed by atoms with E-state index in [4.69, 9.17) is 0 Å². The van der Waals surface area contributed by atoms with Crippen LogP contribution in [-0.4, -0.2) is 15.8 Å². The third-order valence-corrected chi connectivity index (χ3v) is 1.34. The minimum Gasteiger partial charge on any atom is -0.298 e. The lowest BCUT2D eigenvalue weighted by Gasteiger charge is -1.96. The van der Waals surface area contributed by atoms with Gasteiger partial charge in [0.2, 0.25) is 0 Å². The van der Waals surface area contributed by atoms with Crippen molar-refractivity contribution in [2.75, 3.05) is 0 Å². The molecule has 11 heavy (non-hydrogen) atoms. The molecule has 0 bridgehead atoms. The number of aldehydes is 1. The van der Waals surface area contributed by atoms with Crippen LogP contribution in [0.4, 0.5) is 0 Å². The van der Waals surface area contributed by atoms with Crippen molar-refractivity contribution in [3.05, 3.63) is 30.9 Å². The van der Waals surface area contributed by atoms with Crippen molar-refractivity contribution in [2.45, 2.75) is 0 Å². The highest BCUT2D eigenvalue weighted by Crippen LogP contribution is 2.04. The van der Waals surface area contributed by atoms with E-state index < -0.39 is 0 Å². The summed E-state index contributed by atoms with van der Waals surface area (Å²) in [6, 6.07) is 0. The third-order valence-electron chi connectivity index (χ3n) is 1.34. The summed E-state index contributed by atoms with van der Waals surface area (Å²) in [5.74, 6) is 0.627. The Morgan fingerprint density at radius 3 is 2.73 bits per heavy atom. The standard InChI is InChI=1S/C8H8N2O/c1-3-8-9-5-7(6-11)10(8)4-2/h3-6H,1-2H2. The summed E-state index contributed by atoms with van der Waals surface area (Å²) in [6.07, 6.45) is 5.29. The van der Waals surface area contributed by atoms with Gasteiger partial charge in [0.25, 0.3) is 0 Å². The van der Waals surface area contributed by atoms with Gasteiger partial charge in [-0.1, -0.05) is 13.2 Å². The van der Waals surface area contributed by atoms with Gasteiger partial charge in [-0.25, -0.2) is 4.98 Å². The highest BCUT2D eigenvalue weighted by atomic mass is 16.1. The molecule has 1 aromatic heterocycles. The van der Waals surface area contributed by atoms with Crippen LogP contribution in [0.2, 0.25) is 0 Å². The van der Waals surface area contributed by atoms with Crippen LogP contribution >= 0.6 is 0 Å².